The van der Waals surface area contributed by atoms with Gasteiger partial charge in [-0.3, -0.25) is 0 Å². The van der Waals surface area contributed by atoms with E-state index in [0.29, 0.717) is 10.8 Å². The lowest BCUT2D eigenvalue weighted by Gasteiger charge is -2.24. The maximum atomic E-state index is 2.38. The van der Waals surface area contributed by atoms with Crippen LogP contribution in [-0.4, -0.2) is 0 Å². The van der Waals surface area contributed by atoms with E-state index in [1.165, 1.54) is 69.8 Å². The Balaban J connectivity index is -0.000000110. The molecule has 1 atom stereocenters. The van der Waals surface area contributed by atoms with Gasteiger partial charge >= 0.3 is 0 Å². The van der Waals surface area contributed by atoms with Gasteiger partial charge in [-0.05, 0) is 48.9 Å². The Morgan fingerprint density at radius 3 is 1.37 bits per heavy atom. The van der Waals surface area contributed by atoms with Crippen LogP contribution in [0.4, 0.5) is 0 Å². The Kier molecular flexibility index (Phi) is 38.3. The standard InChI is InChI=1S/2C9H18.C7H16.C6H14.2C2H6/c1-3-9-6-4-8(2)5-7-9;1-6-8(3)9(4,5)7-2;1-4-6-7(3)5-2;1-5-6(2,3)4;2*1-2/h8-9H,3-7H2,1-2H3;6H,7H2,1-5H3;7H,4-6H2,1-3H3;5H2,1-4H3;2*1-2H3/b;8-6+;;;;. The fraction of sp³-hybridized carbons (Fsp3) is 0.943. The molecule has 0 aromatic carbocycles. The minimum absolute atomic E-state index is 0.411. The summed E-state index contributed by atoms with van der Waals surface area (Å²) in [4.78, 5) is 0. The summed E-state index contributed by atoms with van der Waals surface area (Å²) < 4.78 is 0. The lowest BCUT2D eigenvalue weighted by atomic mass is 9.82. The van der Waals surface area contributed by atoms with Gasteiger partial charge in [-0.2, -0.15) is 0 Å². The van der Waals surface area contributed by atoms with Crippen LogP contribution in [0.25, 0.3) is 0 Å². The van der Waals surface area contributed by atoms with E-state index in [9.17, 15) is 0 Å². The number of allylic oxidation sites excluding steroid dienone is 2. The molecule has 0 amide bonds. The van der Waals surface area contributed by atoms with Crippen molar-refractivity contribution in [2.24, 2.45) is 28.6 Å². The molecule has 0 aromatic heterocycles. The molecule has 0 aromatic rings. The Morgan fingerprint density at radius 2 is 1.20 bits per heavy atom. The predicted octanol–water partition coefficient (Wildman–Crippen LogP) is 13.9. The largest absolute Gasteiger partial charge is 0.0882 e. The second-order valence-electron chi connectivity index (χ2n) is 12.0. The normalized spacial score (nSPS) is 18.3. The molecule has 0 heterocycles. The molecular weight excluding hydrogens is 420 g/mol. The predicted molar refractivity (Wildman–Crippen MR) is 172 cm³/mol. The molecule has 0 radical (unpaired) electrons. The van der Waals surface area contributed by atoms with Gasteiger partial charge in [-0.15, -0.1) is 0 Å². The van der Waals surface area contributed by atoms with Crippen LogP contribution in [0.15, 0.2) is 11.6 Å². The highest BCUT2D eigenvalue weighted by Crippen LogP contribution is 2.30. The van der Waals surface area contributed by atoms with E-state index in [2.05, 4.69) is 103 Å². The highest BCUT2D eigenvalue weighted by Gasteiger charge is 2.16. The molecule has 35 heavy (non-hydrogen) atoms. The molecular formula is C35H78. The smallest absolute Gasteiger partial charge is 0.0150 e. The highest BCUT2D eigenvalue weighted by molar-refractivity contribution is 5.06. The molecule has 0 bridgehead atoms. The summed E-state index contributed by atoms with van der Waals surface area (Å²) in [5.74, 6) is 3.04. The molecule has 1 rings (SSSR count). The van der Waals surface area contributed by atoms with E-state index in [1.807, 2.05) is 27.7 Å². The molecule has 1 saturated carbocycles. The van der Waals surface area contributed by atoms with Crippen LogP contribution in [-0.2, 0) is 0 Å². The highest BCUT2D eigenvalue weighted by atomic mass is 14.2. The maximum Gasteiger partial charge on any atom is -0.0150 e. The number of hydrogen-bond donors (Lipinski definition) is 0. The molecule has 218 valence electrons. The Morgan fingerprint density at radius 1 is 0.800 bits per heavy atom. The van der Waals surface area contributed by atoms with E-state index in [0.717, 1.165) is 17.8 Å². The minimum Gasteiger partial charge on any atom is -0.0882 e. The van der Waals surface area contributed by atoms with Gasteiger partial charge in [0.05, 0.1) is 0 Å². The third kappa shape index (κ3) is 36.0. The van der Waals surface area contributed by atoms with Crippen molar-refractivity contribution < 1.29 is 0 Å². The quantitative estimate of drug-likeness (QED) is 0.319. The zero-order valence-electron chi connectivity index (χ0n) is 28.9. The fourth-order valence-corrected chi connectivity index (χ4v) is 3.10. The Hall–Kier alpha value is -0.260. The summed E-state index contributed by atoms with van der Waals surface area (Å²) >= 11 is 0. The van der Waals surface area contributed by atoms with Crippen molar-refractivity contribution in [2.75, 3.05) is 0 Å². The van der Waals surface area contributed by atoms with Crippen molar-refractivity contribution in [3.8, 4) is 0 Å². The van der Waals surface area contributed by atoms with Gasteiger partial charge in [0.1, 0.15) is 0 Å². The zero-order valence-corrected chi connectivity index (χ0v) is 28.9. The lowest BCUT2D eigenvalue weighted by Crippen LogP contribution is -2.10. The summed E-state index contributed by atoms with van der Waals surface area (Å²) in [5.41, 5.74) is 2.44. The number of hydrogen-bond acceptors (Lipinski definition) is 0. The van der Waals surface area contributed by atoms with Crippen LogP contribution in [0.2, 0.25) is 0 Å². The zero-order chi connectivity index (χ0) is 29.1. The Bertz CT molecular complexity index is 385. The molecule has 0 aliphatic heterocycles. The van der Waals surface area contributed by atoms with E-state index >= 15 is 0 Å². The minimum atomic E-state index is 0.411. The third-order valence-corrected chi connectivity index (χ3v) is 7.64. The van der Waals surface area contributed by atoms with Crippen molar-refractivity contribution in [3.63, 3.8) is 0 Å². The number of rotatable bonds is 6. The second-order valence-corrected chi connectivity index (χ2v) is 12.0. The molecule has 1 aliphatic carbocycles. The van der Waals surface area contributed by atoms with Gasteiger partial charge in [0.15, 0.2) is 0 Å². The van der Waals surface area contributed by atoms with Crippen LogP contribution < -0.4 is 0 Å². The van der Waals surface area contributed by atoms with Crippen LogP contribution >= 0.6 is 0 Å². The topological polar surface area (TPSA) is 0 Å². The van der Waals surface area contributed by atoms with Crippen molar-refractivity contribution >= 4 is 0 Å². The first kappa shape index (κ1) is 44.7. The van der Waals surface area contributed by atoms with Gasteiger partial charge in [0, 0.05) is 0 Å². The van der Waals surface area contributed by atoms with Gasteiger partial charge in [0.2, 0.25) is 0 Å². The molecule has 0 spiro atoms. The third-order valence-electron chi connectivity index (χ3n) is 7.64. The SMILES string of the molecule is C/C=C(\C)C(C)(C)CC.CC.CC.CCC(C)(C)C.CCC1CCC(C)CC1.CCCC(C)CC. The molecule has 1 unspecified atom stereocenters. The monoisotopic (exact) mass is 499 g/mol. The summed E-state index contributed by atoms with van der Waals surface area (Å²) in [7, 11) is 0. The maximum absolute atomic E-state index is 2.38. The van der Waals surface area contributed by atoms with Gasteiger partial charge in [0.25, 0.3) is 0 Å². The molecule has 0 heteroatoms. The molecule has 0 N–H and O–H groups in total. The molecule has 1 aliphatic rings. The van der Waals surface area contributed by atoms with Gasteiger partial charge in [-0.1, -0.05) is 180 Å². The summed E-state index contributed by atoms with van der Waals surface area (Å²) in [6.45, 7) is 39.5. The summed E-state index contributed by atoms with van der Waals surface area (Å²) in [6, 6.07) is 0. The van der Waals surface area contributed by atoms with Crippen molar-refractivity contribution in [1.29, 1.82) is 0 Å². The van der Waals surface area contributed by atoms with Crippen molar-refractivity contribution in [3.05, 3.63) is 11.6 Å². The van der Waals surface area contributed by atoms with Crippen LogP contribution in [0.5, 0.6) is 0 Å². The van der Waals surface area contributed by atoms with Crippen LogP contribution in [0.3, 0.4) is 0 Å². The van der Waals surface area contributed by atoms with Gasteiger partial charge in [-0.25, -0.2) is 0 Å². The van der Waals surface area contributed by atoms with E-state index in [4.69, 9.17) is 0 Å². The Labute approximate surface area is 228 Å². The van der Waals surface area contributed by atoms with Crippen molar-refractivity contribution in [1.82, 2.24) is 0 Å². The fourth-order valence-electron chi connectivity index (χ4n) is 3.10. The summed E-state index contributed by atoms with van der Waals surface area (Å²) in [5, 5.41) is 0. The van der Waals surface area contributed by atoms with Gasteiger partial charge < -0.3 is 0 Å². The molecule has 0 saturated heterocycles. The first-order valence-electron chi connectivity index (χ1n) is 15.9. The van der Waals surface area contributed by atoms with Crippen molar-refractivity contribution in [2.45, 2.75) is 189 Å². The second kappa shape index (κ2) is 30.0. The van der Waals surface area contributed by atoms with Crippen LogP contribution in [0, 0.1) is 28.6 Å². The van der Waals surface area contributed by atoms with E-state index < -0.39 is 0 Å². The lowest BCUT2D eigenvalue weighted by molar-refractivity contribution is 0.284. The molecule has 0 nitrogen and oxygen atoms in total. The van der Waals surface area contributed by atoms with E-state index in [1.54, 1.807) is 0 Å². The first-order valence-corrected chi connectivity index (χ1v) is 15.9. The molecule has 1 fully saturated rings. The average molecular weight is 499 g/mol. The average Bonchev–Trinajstić information content (AvgIpc) is 2.87. The first-order chi connectivity index (χ1) is 16.2. The van der Waals surface area contributed by atoms with E-state index in [-0.39, 0.29) is 0 Å². The summed E-state index contributed by atoms with van der Waals surface area (Å²) in [6.07, 6.45) is 16.2. The van der Waals surface area contributed by atoms with Crippen LogP contribution in [0.1, 0.15) is 189 Å².